The minimum absolute atomic E-state index is 0. The summed E-state index contributed by atoms with van der Waals surface area (Å²) < 4.78 is 0. The van der Waals surface area contributed by atoms with Gasteiger partial charge in [0.05, 0.1) is 33.4 Å². The van der Waals surface area contributed by atoms with Crippen molar-refractivity contribution >= 4 is 83.1 Å². The molecule has 4 aromatic rings. The van der Waals surface area contributed by atoms with Gasteiger partial charge in [-0.3, -0.25) is 29.1 Å². The number of nitrogens with zero attached hydrogens (tertiary/aromatic N) is 5. The molecule has 2 aromatic heterocycles. The van der Waals surface area contributed by atoms with E-state index in [2.05, 4.69) is 80.7 Å². The van der Waals surface area contributed by atoms with E-state index in [1.807, 2.05) is 24.3 Å². The zero-order valence-corrected chi connectivity index (χ0v) is 38.2. The van der Waals surface area contributed by atoms with Crippen molar-refractivity contribution in [3.8, 4) is 0 Å². The van der Waals surface area contributed by atoms with Crippen molar-refractivity contribution in [1.29, 1.82) is 0 Å². The molecule has 4 N–H and O–H groups in total. The van der Waals surface area contributed by atoms with E-state index in [1.165, 1.54) is 12.4 Å². The standard InChI is InChI=1S/C45H57N9O4.3ClH/c1-6-53(7-2)26-22-50-36-14-12-34(38-40(36)44(57)32-28-46-20-16-30(32)42(38)55)48-18-10-24-52(5)25-11-19-49-35-13-15-37(51-23-27-54(8-3)9-4)41-39(35)43(56)31-17-21-47-29-33(31)45(41)58;;;/h12-17,20-21,28-29,48-51H,6-11,18-19,22-27H2,1-5H3;3*1H. The van der Waals surface area contributed by atoms with Crippen LogP contribution < -0.4 is 21.3 Å². The average molecular weight is 897 g/mol. The first-order chi connectivity index (χ1) is 28.2. The van der Waals surface area contributed by atoms with Gasteiger partial charge in [-0.15, -0.1) is 37.2 Å². The smallest absolute Gasteiger partial charge is 0.198 e. The van der Waals surface area contributed by atoms with E-state index in [1.54, 1.807) is 24.5 Å². The zero-order chi connectivity index (χ0) is 41.2. The fourth-order valence-electron chi connectivity index (χ4n) is 7.86. The van der Waals surface area contributed by atoms with E-state index in [9.17, 15) is 19.2 Å². The lowest BCUT2D eigenvalue weighted by molar-refractivity contribution is 0.0980. The lowest BCUT2D eigenvalue weighted by Gasteiger charge is -2.25. The molecule has 0 unspecified atom stereocenters. The molecule has 0 amide bonds. The van der Waals surface area contributed by atoms with Crippen molar-refractivity contribution in [1.82, 2.24) is 24.7 Å². The third-order valence-corrected chi connectivity index (χ3v) is 11.3. The molecule has 0 spiro atoms. The van der Waals surface area contributed by atoms with Crippen LogP contribution in [0.25, 0.3) is 0 Å². The maximum atomic E-state index is 13.8. The number of fused-ring (bicyclic) bond motifs is 4. The van der Waals surface area contributed by atoms with Crippen LogP contribution in [0.15, 0.2) is 61.2 Å². The number of hydrogen-bond donors (Lipinski definition) is 4. The molecule has 0 radical (unpaired) electrons. The lowest BCUT2D eigenvalue weighted by atomic mass is 9.83. The summed E-state index contributed by atoms with van der Waals surface area (Å²) in [5, 5.41) is 13.8. The van der Waals surface area contributed by atoms with Crippen LogP contribution in [0.5, 0.6) is 0 Å². The molecule has 0 aliphatic heterocycles. The Hall–Kier alpha value is -4.63. The number of pyridine rings is 2. The van der Waals surface area contributed by atoms with Crippen molar-refractivity contribution in [2.24, 2.45) is 0 Å². The summed E-state index contributed by atoms with van der Waals surface area (Å²) in [6.45, 7) is 18.0. The molecule has 13 nitrogen and oxygen atoms in total. The van der Waals surface area contributed by atoms with E-state index in [4.69, 9.17) is 0 Å². The fraction of sp³-hybridized carbons (Fsp3) is 0.422. The largest absolute Gasteiger partial charge is 0.384 e. The Balaban J connectivity index is 0.00000331. The third-order valence-electron chi connectivity index (χ3n) is 11.3. The molecule has 0 atom stereocenters. The minimum atomic E-state index is -0.197. The van der Waals surface area contributed by atoms with Crippen LogP contribution in [0.3, 0.4) is 0 Å². The highest BCUT2D eigenvalue weighted by atomic mass is 35.5. The van der Waals surface area contributed by atoms with Crippen LogP contribution in [0.1, 0.15) is 104 Å². The number of carbonyl (C=O) groups excluding carboxylic acids is 4. The molecule has 2 aromatic carbocycles. The molecule has 0 fully saturated rings. The predicted octanol–water partition coefficient (Wildman–Crippen LogP) is 7.04. The van der Waals surface area contributed by atoms with Crippen molar-refractivity contribution < 1.29 is 19.2 Å². The molecule has 6 rings (SSSR count). The number of likely N-dealkylation sites (N-methyl/N-ethyl adjacent to an activating group) is 2. The fourth-order valence-corrected chi connectivity index (χ4v) is 7.86. The summed E-state index contributed by atoms with van der Waals surface area (Å²) >= 11 is 0. The van der Waals surface area contributed by atoms with Gasteiger partial charge in [-0.05, 0) is 95.6 Å². The number of halogens is 3. The predicted molar refractivity (Wildman–Crippen MR) is 253 cm³/mol. The molecule has 2 aliphatic rings. The molecule has 0 saturated heterocycles. The second-order valence-electron chi connectivity index (χ2n) is 14.8. The first-order valence-electron chi connectivity index (χ1n) is 20.7. The molecule has 2 aliphatic carbocycles. The van der Waals surface area contributed by atoms with E-state index < -0.39 is 0 Å². The summed E-state index contributed by atoms with van der Waals surface area (Å²) in [5.74, 6) is -0.753. The number of rotatable bonds is 22. The van der Waals surface area contributed by atoms with Gasteiger partial charge in [-0.25, -0.2) is 0 Å². The Kier molecular flexibility index (Phi) is 20.1. The normalized spacial score (nSPS) is 12.5. The first kappa shape index (κ1) is 50.7. The van der Waals surface area contributed by atoms with Crippen molar-refractivity contribution in [2.45, 2.75) is 40.5 Å². The van der Waals surface area contributed by atoms with Crippen molar-refractivity contribution in [3.05, 3.63) is 106 Å². The average Bonchev–Trinajstić information content (AvgIpc) is 3.25. The van der Waals surface area contributed by atoms with E-state index in [0.717, 1.165) is 65.2 Å². The zero-order valence-electron chi connectivity index (χ0n) is 35.8. The van der Waals surface area contributed by atoms with Gasteiger partial charge in [0.2, 0.25) is 0 Å². The highest BCUT2D eigenvalue weighted by Gasteiger charge is 2.35. The maximum absolute atomic E-state index is 13.8. The Morgan fingerprint density at radius 3 is 1.08 bits per heavy atom. The highest BCUT2D eigenvalue weighted by molar-refractivity contribution is 6.32. The van der Waals surface area contributed by atoms with Crippen LogP contribution in [0.4, 0.5) is 22.7 Å². The van der Waals surface area contributed by atoms with E-state index >= 15 is 0 Å². The monoisotopic (exact) mass is 895 g/mol. The van der Waals surface area contributed by atoms with Crippen LogP contribution in [-0.4, -0.2) is 133 Å². The van der Waals surface area contributed by atoms with Crippen molar-refractivity contribution in [2.75, 3.05) is 107 Å². The van der Waals surface area contributed by atoms with Gasteiger partial charge >= 0.3 is 0 Å². The number of carbonyl (C=O) groups is 4. The summed E-state index contributed by atoms with van der Waals surface area (Å²) in [6.07, 6.45) is 7.69. The first-order valence-corrected chi connectivity index (χ1v) is 20.7. The number of aromatic nitrogens is 2. The van der Waals surface area contributed by atoms with Crippen LogP contribution in [0, 0.1) is 0 Å². The van der Waals surface area contributed by atoms with Gasteiger partial charge in [0.15, 0.2) is 23.1 Å². The SMILES string of the molecule is CCN(CC)CCNc1ccc(NCCCN(C)CCCNc2ccc(NCCN(CC)CC)c3c2C(=O)c2ccncc2C3=O)c2c1C(=O)c1cnccc1C2=O.Cl.Cl.Cl. The van der Waals surface area contributed by atoms with Gasteiger partial charge < -0.3 is 36.0 Å². The second-order valence-corrected chi connectivity index (χ2v) is 14.8. The molecular weight excluding hydrogens is 837 g/mol. The number of ketones is 4. The molecule has 0 saturated carbocycles. The molecule has 2 heterocycles. The summed E-state index contributed by atoms with van der Waals surface area (Å²) in [5.41, 5.74) is 5.64. The minimum Gasteiger partial charge on any atom is -0.384 e. The Labute approximate surface area is 378 Å². The number of benzene rings is 2. The topological polar surface area (TPSA) is 152 Å². The van der Waals surface area contributed by atoms with E-state index in [0.29, 0.717) is 93.4 Å². The van der Waals surface area contributed by atoms with Gasteiger partial charge in [0, 0.05) is 97.9 Å². The van der Waals surface area contributed by atoms with E-state index in [-0.39, 0.29) is 60.4 Å². The summed E-state index contributed by atoms with van der Waals surface area (Å²) in [6, 6.07) is 10.8. The maximum Gasteiger partial charge on any atom is 0.198 e. The summed E-state index contributed by atoms with van der Waals surface area (Å²) in [4.78, 5) is 70.4. The molecule has 0 bridgehead atoms. The third kappa shape index (κ3) is 11.4. The van der Waals surface area contributed by atoms with Crippen LogP contribution >= 0.6 is 37.2 Å². The van der Waals surface area contributed by atoms with Crippen LogP contribution in [0.2, 0.25) is 0 Å². The lowest BCUT2D eigenvalue weighted by Crippen LogP contribution is -2.30. The number of anilines is 4. The van der Waals surface area contributed by atoms with Gasteiger partial charge in [0.25, 0.3) is 0 Å². The van der Waals surface area contributed by atoms with Gasteiger partial charge in [-0.1, -0.05) is 27.7 Å². The van der Waals surface area contributed by atoms with Crippen molar-refractivity contribution in [3.63, 3.8) is 0 Å². The second kappa shape index (κ2) is 24.1. The molecular formula is C45H60Cl3N9O4. The quantitative estimate of drug-likeness (QED) is 0.0517. The van der Waals surface area contributed by atoms with Gasteiger partial charge in [0.1, 0.15) is 0 Å². The molecule has 330 valence electrons. The number of hydrogen-bond acceptors (Lipinski definition) is 13. The Morgan fingerprint density at radius 1 is 0.443 bits per heavy atom. The Morgan fingerprint density at radius 2 is 0.754 bits per heavy atom. The molecule has 61 heavy (non-hydrogen) atoms. The summed E-state index contributed by atoms with van der Waals surface area (Å²) in [7, 11) is 2.07. The van der Waals surface area contributed by atoms with Gasteiger partial charge in [-0.2, -0.15) is 0 Å². The number of nitrogens with one attached hydrogen (secondary N) is 4. The Bertz CT molecular complexity index is 2000. The molecule has 16 heteroatoms. The van der Waals surface area contributed by atoms with Crippen LogP contribution in [-0.2, 0) is 0 Å². The highest BCUT2D eigenvalue weighted by Crippen LogP contribution is 2.38.